The Labute approximate surface area is 115 Å². The second-order valence-corrected chi connectivity index (χ2v) is 3.96. The zero-order chi connectivity index (χ0) is 15.2. The molecule has 0 atom stereocenters. The minimum atomic E-state index is -4.70. The lowest BCUT2D eigenvalue weighted by molar-refractivity contribution is -0.274. The molecule has 1 aromatic rings. The van der Waals surface area contributed by atoms with E-state index in [1.807, 2.05) is 13.8 Å². The van der Waals surface area contributed by atoms with Crippen LogP contribution in [-0.2, 0) is 4.79 Å². The summed E-state index contributed by atoms with van der Waals surface area (Å²) in [6.07, 6.45) is -1.75. The van der Waals surface area contributed by atoms with Gasteiger partial charge in [-0.25, -0.2) is 0 Å². The van der Waals surface area contributed by atoms with E-state index < -0.39 is 6.36 Å². The van der Waals surface area contributed by atoms with Gasteiger partial charge in [0.2, 0.25) is 5.91 Å². The zero-order valence-electron chi connectivity index (χ0n) is 11.3. The fourth-order valence-electron chi connectivity index (χ4n) is 1.59. The second-order valence-electron chi connectivity index (χ2n) is 3.96. The van der Waals surface area contributed by atoms with Gasteiger partial charge in [0.15, 0.2) is 0 Å². The molecule has 6 heteroatoms. The maximum Gasteiger partial charge on any atom is 0.573 e. The molecule has 1 rings (SSSR count). The zero-order valence-corrected chi connectivity index (χ0v) is 11.3. The number of alkyl halides is 3. The number of carbonyl (C=O) groups excluding carboxylic acids is 1. The molecule has 0 aliphatic heterocycles. The maximum absolute atomic E-state index is 12.0. The molecule has 0 heterocycles. The standard InChI is InChI=1S/C14H16F3NO2/c1-3-18(4-2)13(19)10-7-11-5-8-12(9-6-11)20-14(15,16)17/h5-10H,3-4H2,1-2H3/b10-7+. The number of ether oxygens (including phenoxy) is 1. The predicted octanol–water partition coefficient (Wildman–Crippen LogP) is 3.47. The molecule has 1 amide bonds. The highest BCUT2D eigenvalue weighted by Gasteiger charge is 2.30. The Morgan fingerprint density at radius 2 is 1.75 bits per heavy atom. The lowest BCUT2D eigenvalue weighted by Crippen LogP contribution is -2.28. The van der Waals surface area contributed by atoms with Crippen LogP contribution in [0.3, 0.4) is 0 Å². The SMILES string of the molecule is CCN(CC)C(=O)/C=C/c1ccc(OC(F)(F)F)cc1. The Hall–Kier alpha value is -1.98. The molecule has 0 spiro atoms. The van der Waals surface area contributed by atoms with Crippen molar-refractivity contribution in [2.75, 3.05) is 13.1 Å². The summed E-state index contributed by atoms with van der Waals surface area (Å²) in [5.41, 5.74) is 0.625. The van der Waals surface area contributed by atoms with Crippen LogP contribution in [0.2, 0.25) is 0 Å². The van der Waals surface area contributed by atoms with Crippen LogP contribution in [0.1, 0.15) is 19.4 Å². The molecule has 0 aliphatic carbocycles. The van der Waals surface area contributed by atoms with Gasteiger partial charge >= 0.3 is 6.36 Å². The molecule has 0 aliphatic rings. The third-order valence-corrected chi connectivity index (χ3v) is 2.61. The van der Waals surface area contributed by atoms with Crippen molar-refractivity contribution < 1.29 is 22.7 Å². The Kier molecular flexibility index (Phi) is 5.61. The highest BCUT2D eigenvalue weighted by atomic mass is 19.4. The molecule has 0 bridgehead atoms. The number of rotatable bonds is 5. The van der Waals surface area contributed by atoms with Gasteiger partial charge in [-0.2, -0.15) is 0 Å². The van der Waals surface area contributed by atoms with E-state index in [2.05, 4.69) is 4.74 Å². The Bertz CT molecular complexity index is 462. The van der Waals surface area contributed by atoms with E-state index in [0.717, 1.165) is 0 Å². The van der Waals surface area contributed by atoms with Crippen molar-refractivity contribution in [3.8, 4) is 5.75 Å². The summed E-state index contributed by atoms with van der Waals surface area (Å²) in [6, 6.07) is 5.31. The van der Waals surface area contributed by atoms with Crippen LogP contribution in [0, 0.1) is 0 Å². The Morgan fingerprint density at radius 3 is 2.20 bits per heavy atom. The van der Waals surface area contributed by atoms with Crippen molar-refractivity contribution >= 4 is 12.0 Å². The van der Waals surface area contributed by atoms with E-state index in [1.165, 1.54) is 30.3 Å². The van der Waals surface area contributed by atoms with Crippen LogP contribution in [-0.4, -0.2) is 30.3 Å². The first-order valence-corrected chi connectivity index (χ1v) is 6.18. The molecular weight excluding hydrogens is 271 g/mol. The Morgan fingerprint density at radius 1 is 1.20 bits per heavy atom. The van der Waals surface area contributed by atoms with Gasteiger partial charge in [0, 0.05) is 19.2 Å². The van der Waals surface area contributed by atoms with Gasteiger partial charge in [0.25, 0.3) is 0 Å². The first-order chi connectivity index (χ1) is 9.35. The van der Waals surface area contributed by atoms with Crippen molar-refractivity contribution in [1.29, 1.82) is 0 Å². The van der Waals surface area contributed by atoms with Gasteiger partial charge < -0.3 is 9.64 Å². The summed E-state index contributed by atoms with van der Waals surface area (Å²) < 4.78 is 39.7. The first kappa shape index (κ1) is 16.1. The average molecular weight is 287 g/mol. The lowest BCUT2D eigenvalue weighted by atomic mass is 10.2. The highest BCUT2D eigenvalue weighted by Crippen LogP contribution is 2.22. The third kappa shape index (κ3) is 5.34. The molecule has 1 aromatic carbocycles. The molecule has 3 nitrogen and oxygen atoms in total. The van der Waals surface area contributed by atoms with Crippen LogP contribution < -0.4 is 4.74 Å². The molecule has 0 unspecified atom stereocenters. The summed E-state index contributed by atoms with van der Waals surface area (Å²) in [7, 11) is 0. The van der Waals surface area contributed by atoms with E-state index >= 15 is 0 Å². The monoisotopic (exact) mass is 287 g/mol. The van der Waals surface area contributed by atoms with E-state index in [1.54, 1.807) is 11.0 Å². The van der Waals surface area contributed by atoms with Gasteiger partial charge in [-0.1, -0.05) is 12.1 Å². The number of likely N-dealkylation sites (N-methyl/N-ethyl adjacent to an activating group) is 1. The molecule has 20 heavy (non-hydrogen) atoms. The number of nitrogens with zero attached hydrogens (tertiary/aromatic N) is 1. The highest BCUT2D eigenvalue weighted by molar-refractivity contribution is 5.91. The number of benzene rings is 1. The fraction of sp³-hybridized carbons (Fsp3) is 0.357. The number of hydrogen-bond acceptors (Lipinski definition) is 2. The summed E-state index contributed by atoms with van der Waals surface area (Å²) in [5.74, 6) is -0.421. The molecule has 0 saturated carbocycles. The van der Waals surface area contributed by atoms with E-state index in [0.29, 0.717) is 18.7 Å². The molecule has 0 aromatic heterocycles. The normalized spacial score (nSPS) is 11.7. The maximum atomic E-state index is 12.0. The topological polar surface area (TPSA) is 29.5 Å². The van der Waals surface area contributed by atoms with Gasteiger partial charge in [-0.15, -0.1) is 13.2 Å². The minimum absolute atomic E-state index is 0.134. The Balaban J connectivity index is 2.68. The number of amides is 1. The fourth-order valence-corrected chi connectivity index (χ4v) is 1.59. The molecule has 0 saturated heterocycles. The van der Waals surface area contributed by atoms with Gasteiger partial charge in [0.05, 0.1) is 0 Å². The van der Waals surface area contributed by atoms with Gasteiger partial charge in [0.1, 0.15) is 5.75 Å². The van der Waals surface area contributed by atoms with Gasteiger partial charge in [-0.3, -0.25) is 4.79 Å². The van der Waals surface area contributed by atoms with Crippen LogP contribution in [0.5, 0.6) is 5.75 Å². The largest absolute Gasteiger partial charge is 0.573 e. The molecular formula is C14H16F3NO2. The summed E-state index contributed by atoms with van der Waals surface area (Å²) in [6.45, 7) is 4.97. The van der Waals surface area contributed by atoms with Crippen molar-refractivity contribution in [2.24, 2.45) is 0 Å². The van der Waals surface area contributed by atoms with E-state index in [4.69, 9.17) is 0 Å². The van der Waals surface area contributed by atoms with Crippen molar-refractivity contribution in [3.05, 3.63) is 35.9 Å². The van der Waals surface area contributed by atoms with E-state index in [9.17, 15) is 18.0 Å². The molecule has 110 valence electrons. The number of carbonyl (C=O) groups is 1. The van der Waals surface area contributed by atoms with Gasteiger partial charge in [-0.05, 0) is 37.6 Å². The third-order valence-electron chi connectivity index (χ3n) is 2.61. The smallest absolute Gasteiger partial charge is 0.406 e. The molecule has 0 N–H and O–H groups in total. The number of halogens is 3. The van der Waals surface area contributed by atoms with Crippen molar-refractivity contribution in [1.82, 2.24) is 4.90 Å². The van der Waals surface area contributed by atoms with Crippen LogP contribution in [0.15, 0.2) is 30.3 Å². The van der Waals surface area contributed by atoms with Crippen molar-refractivity contribution in [2.45, 2.75) is 20.2 Å². The summed E-state index contributed by atoms with van der Waals surface area (Å²) in [4.78, 5) is 13.3. The minimum Gasteiger partial charge on any atom is -0.406 e. The lowest BCUT2D eigenvalue weighted by Gasteiger charge is -2.15. The van der Waals surface area contributed by atoms with Crippen molar-refractivity contribution in [3.63, 3.8) is 0 Å². The summed E-state index contributed by atoms with van der Waals surface area (Å²) in [5, 5.41) is 0. The quantitative estimate of drug-likeness (QED) is 0.776. The molecule has 0 fully saturated rings. The average Bonchev–Trinajstić information content (AvgIpc) is 2.37. The second kappa shape index (κ2) is 6.98. The predicted molar refractivity (Wildman–Crippen MR) is 70.1 cm³/mol. The van der Waals surface area contributed by atoms with E-state index in [-0.39, 0.29) is 11.7 Å². The van der Waals surface area contributed by atoms with Crippen LogP contribution >= 0.6 is 0 Å². The first-order valence-electron chi connectivity index (χ1n) is 6.18. The molecule has 0 radical (unpaired) electrons. The van der Waals surface area contributed by atoms with Crippen LogP contribution in [0.25, 0.3) is 6.08 Å². The van der Waals surface area contributed by atoms with Crippen LogP contribution in [0.4, 0.5) is 13.2 Å². The number of hydrogen-bond donors (Lipinski definition) is 0. The summed E-state index contributed by atoms with van der Waals surface area (Å²) >= 11 is 0.